The smallest absolute Gasteiger partial charge is 0.140 e. The van der Waals surface area contributed by atoms with Crippen molar-refractivity contribution in [2.75, 3.05) is 0 Å². The number of hydrogen-bond acceptors (Lipinski definition) is 4. The highest BCUT2D eigenvalue weighted by Crippen LogP contribution is 2.23. The van der Waals surface area contributed by atoms with E-state index in [0.29, 0.717) is 13.2 Å². The van der Waals surface area contributed by atoms with Gasteiger partial charge in [0.25, 0.3) is 0 Å². The summed E-state index contributed by atoms with van der Waals surface area (Å²) in [4.78, 5) is 5.69. The molecule has 19 heavy (non-hydrogen) atoms. The Morgan fingerprint density at radius 1 is 1.42 bits per heavy atom. The van der Waals surface area contributed by atoms with Gasteiger partial charge in [0.1, 0.15) is 17.4 Å². The second-order valence-electron chi connectivity index (χ2n) is 4.23. The van der Waals surface area contributed by atoms with E-state index >= 15 is 0 Å². The van der Waals surface area contributed by atoms with E-state index in [1.165, 1.54) is 0 Å². The molecule has 1 heterocycles. The van der Waals surface area contributed by atoms with Crippen molar-refractivity contribution in [3.63, 3.8) is 0 Å². The van der Waals surface area contributed by atoms with Crippen LogP contribution in [0.25, 0.3) is 0 Å². The predicted octanol–water partition coefficient (Wildman–Crippen LogP) is 3.71. The second kappa shape index (κ2) is 6.37. The fourth-order valence-corrected chi connectivity index (χ4v) is 2.85. The van der Waals surface area contributed by atoms with Crippen LogP contribution in [0.5, 0.6) is 5.75 Å². The lowest BCUT2D eigenvalue weighted by Gasteiger charge is -2.05. The minimum Gasteiger partial charge on any atom is -0.486 e. The summed E-state index contributed by atoms with van der Waals surface area (Å²) in [5.74, 6) is 0.810. The Hall–Kier alpha value is -1.10. The topological polar surface area (TPSA) is 48.1 Å². The highest BCUT2D eigenvalue weighted by atomic mass is 35.5. The van der Waals surface area contributed by atoms with Crippen LogP contribution in [0, 0.1) is 6.92 Å². The number of benzene rings is 1. The maximum absolute atomic E-state index is 5.98. The summed E-state index contributed by atoms with van der Waals surface area (Å²) in [6.45, 7) is 5.06. The average molecular weight is 297 g/mol. The van der Waals surface area contributed by atoms with Gasteiger partial charge in [-0.05, 0) is 37.1 Å². The van der Waals surface area contributed by atoms with Gasteiger partial charge in [0.15, 0.2) is 0 Å². The van der Waals surface area contributed by atoms with Crippen LogP contribution >= 0.6 is 22.9 Å². The highest BCUT2D eigenvalue weighted by Gasteiger charge is 2.09. The summed E-state index contributed by atoms with van der Waals surface area (Å²) in [7, 11) is 0. The molecule has 0 saturated carbocycles. The number of ether oxygens (including phenoxy) is 1. The third-order valence-corrected chi connectivity index (χ3v) is 4.35. The quantitative estimate of drug-likeness (QED) is 0.915. The van der Waals surface area contributed by atoms with Crippen LogP contribution in [0.4, 0.5) is 0 Å². The van der Waals surface area contributed by atoms with Gasteiger partial charge in [0.2, 0.25) is 0 Å². The van der Waals surface area contributed by atoms with Crippen molar-refractivity contribution < 1.29 is 4.74 Å². The van der Waals surface area contributed by atoms with Crippen molar-refractivity contribution in [2.24, 2.45) is 5.73 Å². The molecule has 2 rings (SSSR count). The van der Waals surface area contributed by atoms with Gasteiger partial charge in [-0.25, -0.2) is 4.98 Å². The standard InChI is InChI=1S/C14H17ClN2OS/c1-3-12-13(7-16)19-14(17-12)8-18-10-4-5-11(15)9(2)6-10/h4-6H,3,7-8,16H2,1-2H3. The lowest BCUT2D eigenvalue weighted by molar-refractivity contribution is 0.305. The maximum atomic E-state index is 5.98. The second-order valence-corrected chi connectivity index (χ2v) is 5.81. The van der Waals surface area contributed by atoms with Crippen molar-refractivity contribution in [1.29, 1.82) is 0 Å². The van der Waals surface area contributed by atoms with Crippen molar-refractivity contribution in [3.8, 4) is 5.75 Å². The van der Waals surface area contributed by atoms with Crippen molar-refractivity contribution >= 4 is 22.9 Å². The molecule has 2 aromatic rings. The lowest BCUT2D eigenvalue weighted by Crippen LogP contribution is -1.97. The average Bonchev–Trinajstić information content (AvgIpc) is 2.82. The number of rotatable bonds is 5. The zero-order valence-corrected chi connectivity index (χ0v) is 12.6. The summed E-state index contributed by atoms with van der Waals surface area (Å²) in [5, 5.41) is 1.71. The molecular formula is C14H17ClN2OS. The molecule has 0 aliphatic rings. The monoisotopic (exact) mass is 296 g/mol. The van der Waals surface area contributed by atoms with Crippen molar-refractivity contribution in [2.45, 2.75) is 33.4 Å². The number of nitrogens with zero attached hydrogens (tertiary/aromatic N) is 1. The minimum absolute atomic E-state index is 0.471. The summed E-state index contributed by atoms with van der Waals surface area (Å²) in [6, 6.07) is 5.64. The van der Waals surface area contributed by atoms with Crippen LogP contribution in [0.15, 0.2) is 18.2 Å². The molecule has 0 atom stereocenters. The number of aromatic nitrogens is 1. The Labute approximate surface area is 122 Å². The van der Waals surface area contributed by atoms with Crippen LogP contribution in [-0.2, 0) is 19.6 Å². The molecule has 0 fully saturated rings. The molecule has 0 aliphatic heterocycles. The van der Waals surface area contributed by atoms with E-state index in [-0.39, 0.29) is 0 Å². The number of nitrogens with two attached hydrogens (primary N) is 1. The van der Waals surface area contributed by atoms with Crippen LogP contribution in [0.2, 0.25) is 5.02 Å². The third-order valence-electron chi connectivity index (χ3n) is 2.83. The van der Waals surface area contributed by atoms with Crippen molar-refractivity contribution in [3.05, 3.63) is 44.4 Å². The maximum Gasteiger partial charge on any atom is 0.140 e. The van der Waals surface area contributed by atoms with Gasteiger partial charge in [-0.2, -0.15) is 0 Å². The number of aryl methyl sites for hydroxylation is 2. The fourth-order valence-electron chi connectivity index (χ4n) is 1.79. The first-order valence-electron chi connectivity index (χ1n) is 6.20. The summed E-state index contributed by atoms with van der Waals surface area (Å²) in [6.07, 6.45) is 0.906. The fraction of sp³-hybridized carbons (Fsp3) is 0.357. The van der Waals surface area contributed by atoms with Gasteiger partial charge in [-0.15, -0.1) is 11.3 Å². The van der Waals surface area contributed by atoms with Gasteiger partial charge in [-0.3, -0.25) is 0 Å². The number of thiazole rings is 1. The van der Waals surface area contributed by atoms with E-state index < -0.39 is 0 Å². The van der Waals surface area contributed by atoms with Gasteiger partial charge in [0, 0.05) is 16.4 Å². The van der Waals surface area contributed by atoms with Crippen LogP contribution in [-0.4, -0.2) is 4.98 Å². The first-order chi connectivity index (χ1) is 9.13. The van der Waals surface area contributed by atoms with Crippen LogP contribution in [0.3, 0.4) is 0 Å². The molecule has 0 aliphatic carbocycles. The van der Waals surface area contributed by atoms with Crippen LogP contribution in [0.1, 0.15) is 28.1 Å². The Balaban J connectivity index is 2.05. The van der Waals surface area contributed by atoms with E-state index in [0.717, 1.165) is 38.3 Å². The van der Waals surface area contributed by atoms with E-state index in [2.05, 4.69) is 11.9 Å². The SMILES string of the molecule is CCc1nc(COc2ccc(Cl)c(C)c2)sc1CN. The van der Waals surface area contributed by atoms with Gasteiger partial charge in [-0.1, -0.05) is 18.5 Å². The Kier molecular flexibility index (Phi) is 4.80. The van der Waals surface area contributed by atoms with E-state index in [1.807, 2.05) is 25.1 Å². The first-order valence-corrected chi connectivity index (χ1v) is 7.40. The predicted molar refractivity (Wildman–Crippen MR) is 79.9 cm³/mol. The Morgan fingerprint density at radius 2 is 2.21 bits per heavy atom. The summed E-state index contributed by atoms with van der Waals surface area (Å²) >= 11 is 7.60. The molecule has 0 bridgehead atoms. The van der Waals surface area contributed by atoms with E-state index in [9.17, 15) is 0 Å². The zero-order valence-electron chi connectivity index (χ0n) is 11.1. The molecule has 3 nitrogen and oxygen atoms in total. The summed E-state index contributed by atoms with van der Waals surface area (Å²) in [5.41, 5.74) is 7.79. The molecular weight excluding hydrogens is 280 g/mol. The molecule has 0 spiro atoms. The minimum atomic E-state index is 0.471. The number of halogens is 1. The molecule has 102 valence electrons. The molecule has 5 heteroatoms. The Morgan fingerprint density at radius 3 is 2.79 bits per heavy atom. The van der Waals surface area contributed by atoms with Gasteiger partial charge in [0.05, 0.1) is 5.69 Å². The molecule has 0 amide bonds. The molecule has 1 aromatic carbocycles. The lowest BCUT2D eigenvalue weighted by atomic mass is 10.2. The summed E-state index contributed by atoms with van der Waals surface area (Å²) < 4.78 is 5.73. The van der Waals surface area contributed by atoms with E-state index in [4.69, 9.17) is 22.1 Å². The van der Waals surface area contributed by atoms with Crippen molar-refractivity contribution in [1.82, 2.24) is 4.98 Å². The molecule has 0 unspecified atom stereocenters. The van der Waals surface area contributed by atoms with Crippen LogP contribution < -0.4 is 10.5 Å². The number of hydrogen-bond donors (Lipinski definition) is 1. The largest absolute Gasteiger partial charge is 0.486 e. The first kappa shape index (κ1) is 14.3. The highest BCUT2D eigenvalue weighted by molar-refractivity contribution is 7.11. The molecule has 0 saturated heterocycles. The normalized spacial score (nSPS) is 10.7. The third kappa shape index (κ3) is 3.47. The zero-order chi connectivity index (χ0) is 13.8. The van der Waals surface area contributed by atoms with Gasteiger partial charge < -0.3 is 10.5 Å². The molecule has 2 N–H and O–H groups in total. The molecule has 1 aromatic heterocycles. The van der Waals surface area contributed by atoms with E-state index in [1.54, 1.807) is 11.3 Å². The molecule has 0 radical (unpaired) electrons. The Bertz CT molecular complexity index is 547. The van der Waals surface area contributed by atoms with Gasteiger partial charge >= 0.3 is 0 Å².